The van der Waals surface area contributed by atoms with Crippen LogP contribution in [0.15, 0.2) is 78.6 Å². The van der Waals surface area contributed by atoms with Crippen LogP contribution in [-0.2, 0) is 104 Å². The normalized spacial score (nSPS) is 8.35. The lowest BCUT2D eigenvalue weighted by Gasteiger charge is -2.09. The number of nitrogens with zero attached hydrogens (tertiary/aromatic N) is 6. The molecule has 0 saturated carbocycles. The predicted octanol–water partition coefficient (Wildman–Crippen LogP) is 5.50. The summed E-state index contributed by atoms with van der Waals surface area (Å²) in [6.07, 6.45) is 15.0. The molecule has 0 aliphatic rings. The molecule has 0 unspecified atom stereocenters. The van der Waals surface area contributed by atoms with E-state index in [4.69, 9.17) is 5.11 Å². The van der Waals surface area contributed by atoms with E-state index in [2.05, 4.69) is 105 Å². The third kappa shape index (κ3) is 444. The van der Waals surface area contributed by atoms with Crippen LogP contribution >= 0.6 is 11.8 Å². The van der Waals surface area contributed by atoms with Crippen molar-refractivity contribution >= 4 is 108 Å². The Kier molecular flexibility index (Phi) is 182. The van der Waals surface area contributed by atoms with Crippen LogP contribution in [0.3, 0.4) is 0 Å². The summed E-state index contributed by atoms with van der Waals surface area (Å²) in [7, 11) is 8.76. The van der Waals surface area contributed by atoms with Gasteiger partial charge in [0.1, 0.15) is 15.6 Å². The second-order valence-electron chi connectivity index (χ2n) is 15.3. The quantitative estimate of drug-likeness (QED) is 0.157. The van der Waals surface area contributed by atoms with Crippen LogP contribution in [0.4, 0.5) is 4.79 Å². The summed E-state index contributed by atoms with van der Waals surface area (Å²) < 4.78 is 131. The molecule has 0 aliphatic carbocycles. The summed E-state index contributed by atoms with van der Waals surface area (Å²) >= 11 is 1.75. The van der Waals surface area contributed by atoms with E-state index >= 15 is 0 Å². The molecular weight excluding hydrogens is 1310 g/mol. The van der Waals surface area contributed by atoms with Gasteiger partial charge in [0.2, 0.25) is 51.9 Å². The number of hydrogen-bond donors (Lipinski definition) is 1. The zero-order chi connectivity index (χ0) is 78.0. The summed E-state index contributed by atoms with van der Waals surface area (Å²) in [6.45, 7) is 46.0. The first-order valence-corrected chi connectivity index (χ1v) is 37.0. The van der Waals surface area contributed by atoms with E-state index in [0.717, 1.165) is 59.5 Å². The van der Waals surface area contributed by atoms with Gasteiger partial charge in [0.15, 0.2) is 0 Å². The van der Waals surface area contributed by atoms with Crippen molar-refractivity contribution < 1.29 is 105 Å². The smallest absolute Gasteiger partial charge is 0.507 e. The van der Waals surface area contributed by atoms with Crippen molar-refractivity contribution in [1.29, 1.82) is 0 Å². The minimum Gasteiger partial charge on any atom is -0.516 e. The molecule has 0 saturated heterocycles. The first-order chi connectivity index (χ1) is 39.1. The highest BCUT2D eigenvalue weighted by Gasteiger charge is 2.20. The molecule has 3 N–H and O–H groups in total. The van der Waals surface area contributed by atoms with E-state index in [1.54, 1.807) is 52.5 Å². The molecule has 0 aromatic heterocycles. The minimum atomic E-state index is -3.62. The minimum absolute atomic E-state index is 0. The number of Topliss-reactive ketones (excluding diaryl/α,β-unsaturated/α-hetero) is 1. The van der Waals surface area contributed by atoms with Gasteiger partial charge in [-0.25, -0.2) is 55.5 Å². The van der Waals surface area contributed by atoms with Crippen molar-refractivity contribution in [3.8, 4) is 0 Å². The molecule has 36 heteroatoms. The number of thioether (sulfide) groups is 1. The van der Waals surface area contributed by atoms with Crippen LogP contribution in [0, 0.1) is 0 Å². The molecule has 0 aromatic rings. The first-order valence-electron chi connectivity index (χ1n) is 23.7. The van der Waals surface area contributed by atoms with Gasteiger partial charge in [0, 0.05) is 127 Å². The summed E-state index contributed by atoms with van der Waals surface area (Å²) in [6, 6.07) is 0. The summed E-state index contributed by atoms with van der Waals surface area (Å²) in [5.41, 5.74) is 0. The number of amides is 2. The molecule has 0 bridgehead atoms. The van der Waals surface area contributed by atoms with E-state index < -0.39 is 66.9 Å². The molecule has 89 heavy (non-hydrogen) atoms. The average molecular weight is 1440 g/mol. The fourth-order valence-electron chi connectivity index (χ4n) is 0.329. The largest absolute Gasteiger partial charge is 0.516 e. The van der Waals surface area contributed by atoms with Gasteiger partial charge in [-0.2, -0.15) is 11.8 Å². The second-order valence-corrected chi connectivity index (χ2v) is 28.5. The highest BCUT2D eigenvalue weighted by molar-refractivity contribution is 8.03. The highest BCUT2D eigenvalue weighted by Crippen LogP contribution is 1.98. The van der Waals surface area contributed by atoms with Gasteiger partial charge >= 0.3 is 18.1 Å². The van der Waals surface area contributed by atoms with Crippen LogP contribution in [0.2, 0.25) is 0 Å². The summed E-state index contributed by atoms with van der Waals surface area (Å²) in [5.74, 6) is -0.139. The third-order valence-corrected chi connectivity index (χ3v) is 10.6. The standard InChI is InChI=1S/2C4H9NO.C3H9NO4S2.2C3H9NO2S.C3H9N.C3H6O3.2C3H6O2.C3H6O.C3H8.C2H6O2S.C2H6OS.C2H4O.C2H6S.5C2H4.H2O/c2*1-4(6)5(2)3;1-4(9(2,5)6)10(3,7)8;2*1-4(2)7(3,5)6;1-4(2)3;1-5-3(4)6-2;2*1-3(4)5-2;1-3(2)4;1-3-2;1-5(2,3)4;1-4(2)3;1-2-3;1-3-2;5*1-2;/h2*1-3H3;1-3H3;2*1-3H3;1-3H3;1-2H3;2*1-2H3;1-2H3;3H2,1-2H3;1-2H3;1-2H3;2-3H,1H2;1-2H3;5*1-2H2;1H2. The van der Waals surface area contributed by atoms with Crippen molar-refractivity contribution in [1.82, 2.24) is 27.0 Å². The molecule has 29 nitrogen and oxygen atoms in total. The topological polar surface area (TPSA) is 398 Å². The zero-order valence-corrected chi connectivity index (χ0v) is 66.8. The Labute approximate surface area is 552 Å². The van der Waals surface area contributed by atoms with E-state index in [0.29, 0.717) is 3.71 Å². The maximum Gasteiger partial charge on any atom is 0.507 e. The van der Waals surface area contributed by atoms with Gasteiger partial charge in [0.25, 0.3) is 0 Å². The van der Waals surface area contributed by atoms with Crippen LogP contribution < -0.4 is 0 Å². The maximum atomic E-state index is 10.5. The Hall–Kier alpha value is -4.89. The number of carbonyl (C=O) groups is 6. The molecule has 0 spiro atoms. The molecule has 0 rings (SSSR count). The number of ketones is 1. The van der Waals surface area contributed by atoms with Crippen LogP contribution in [0.25, 0.3) is 0 Å². The van der Waals surface area contributed by atoms with E-state index in [1.165, 1.54) is 114 Å². The van der Waals surface area contributed by atoms with Gasteiger partial charge in [0.05, 0.1) is 59.7 Å². The summed E-state index contributed by atoms with van der Waals surface area (Å²) in [5, 5.41) is 7.33. The second kappa shape index (κ2) is 111. The zero-order valence-electron chi connectivity index (χ0n) is 61.1. The van der Waals surface area contributed by atoms with Crippen molar-refractivity contribution in [2.24, 2.45) is 0 Å². The fourth-order valence-corrected chi connectivity index (χ4v) is 2.30. The van der Waals surface area contributed by atoms with Gasteiger partial charge in [-0.3, -0.25) is 23.4 Å². The number of ether oxygens (including phenoxy) is 4. The number of aliphatic hydroxyl groups excluding tert-OH is 1. The van der Waals surface area contributed by atoms with Gasteiger partial charge in [-0.1, -0.05) is 30.6 Å². The lowest BCUT2D eigenvalue weighted by molar-refractivity contribution is -0.138. The third-order valence-electron chi connectivity index (χ3n) is 4.43. The number of esters is 2. The fraction of sp³-hybridized carbons (Fsp3) is 0.660. The van der Waals surface area contributed by atoms with E-state index in [-0.39, 0.29) is 35.0 Å². The number of rotatable bonds is 4. The van der Waals surface area contributed by atoms with Crippen LogP contribution in [0.5, 0.6) is 0 Å². The average Bonchev–Trinajstić information content (AvgIpc) is 3.36. The Bertz CT molecular complexity index is 1960. The number of carbonyl (C=O) groups excluding carboxylic acids is 6. The SMILES string of the molecule is C=C.C=C.C=C.C=C.C=C.C=CO.CC(=O)N(C)C.CC(=O)N(C)C.CC(C)=O.CCC.CN(C)C.CN(C)S(C)(=O)=O.CN(C)S(C)(=O)=O.CN(S(C)(=O)=O)S(C)(=O)=O.COC(=O)OC.COC(C)=O.COC(C)=O.CS(C)(=O)=O.CS(C)=O.CSC.O. The predicted molar refractivity (Wildman–Crippen MR) is 383 cm³/mol. The molecule has 0 aromatic carbocycles. The Morgan fingerprint density at radius 1 is 0.461 bits per heavy atom. The van der Waals surface area contributed by atoms with Crippen molar-refractivity contribution in [2.45, 2.75) is 61.8 Å². The number of sulfone groups is 1. The number of sulfonamides is 4. The van der Waals surface area contributed by atoms with Gasteiger partial charge in [-0.15, -0.1) is 65.8 Å². The first kappa shape index (κ1) is 146. The van der Waals surface area contributed by atoms with Crippen LogP contribution in [-0.4, -0.2) is 295 Å². The van der Waals surface area contributed by atoms with Crippen molar-refractivity contribution in [3.05, 3.63) is 78.6 Å². The molecule has 0 aliphatic heterocycles. The Morgan fingerprint density at radius 3 is 0.539 bits per heavy atom. The lowest BCUT2D eigenvalue weighted by atomic mass is 10.6. The van der Waals surface area contributed by atoms with Gasteiger partial charge < -0.3 is 49.0 Å². The Balaban J connectivity index is -0.0000000292. The number of methoxy groups -OCH3 is 4. The molecule has 0 atom stereocenters. The maximum absolute atomic E-state index is 10.5. The lowest BCUT2D eigenvalue weighted by Crippen LogP contribution is -2.31. The van der Waals surface area contributed by atoms with Crippen molar-refractivity contribution in [3.63, 3.8) is 0 Å². The molecule has 552 valence electrons. The van der Waals surface area contributed by atoms with E-state index in [9.17, 15) is 75.1 Å². The molecule has 2 amide bonds. The van der Waals surface area contributed by atoms with Crippen LogP contribution in [0.1, 0.15) is 61.8 Å². The highest BCUT2D eigenvalue weighted by atomic mass is 32.3. The van der Waals surface area contributed by atoms with Crippen molar-refractivity contribution in [2.75, 3.05) is 176 Å². The summed E-state index contributed by atoms with van der Waals surface area (Å²) in [4.78, 5) is 63.6. The molecule has 0 fully saturated rings. The Morgan fingerprint density at radius 2 is 0.539 bits per heavy atom. The molecule has 0 heterocycles. The number of aliphatic hydroxyl groups is 1. The molecular formula is C53H130N6O23S7. The molecule has 0 radical (unpaired) electrons. The monoisotopic (exact) mass is 1440 g/mol. The number of hydrogen-bond acceptors (Lipinski definition) is 24. The van der Waals surface area contributed by atoms with Gasteiger partial charge in [-0.05, 0) is 47.5 Å². The van der Waals surface area contributed by atoms with E-state index in [1.807, 2.05) is 38.6 Å².